The number of rotatable bonds is 0. The Kier molecular flexibility index (Phi) is 1.76. The van der Waals surface area contributed by atoms with Crippen molar-refractivity contribution in [1.29, 1.82) is 0 Å². The molecule has 0 spiro atoms. The van der Waals surface area contributed by atoms with E-state index in [1.807, 2.05) is 0 Å². The Morgan fingerprint density at radius 2 is 2.12 bits per heavy atom. The van der Waals surface area contributed by atoms with Crippen molar-refractivity contribution in [1.82, 2.24) is 0 Å². The zero-order valence-electron chi connectivity index (χ0n) is 9.52. The van der Waals surface area contributed by atoms with Gasteiger partial charge in [0.1, 0.15) is 0 Å². The summed E-state index contributed by atoms with van der Waals surface area (Å²) in [6.07, 6.45) is 4.37. The van der Waals surface area contributed by atoms with E-state index in [0.717, 1.165) is 24.4 Å². The minimum Gasteiger partial charge on any atom is -0.381 e. The molecule has 1 aliphatic carbocycles. The van der Waals surface area contributed by atoms with Crippen LogP contribution in [0.2, 0.25) is 0 Å². The first-order valence-electron chi connectivity index (χ1n) is 6.53. The van der Waals surface area contributed by atoms with Gasteiger partial charge in [0.25, 0.3) is 0 Å². The zero-order valence-corrected chi connectivity index (χ0v) is 9.52. The van der Waals surface area contributed by atoms with Gasteiger partial charge in [0.2, 0.25) is 0 Å². The maximum atomic E-state index is 3.60. The number of anilines is 2. The molecule has 3 aliphatic rings. The van der Waals surface area contributed by atoms with Gasteiger partial charge >= 0.3 is 0 Å². The fourth-order valence-corrected chi connectivity index (χ4v) is 4.04. The molecule has 0 aromatic heterocycles. The van der Waals surface area contributed by atoms with E-state index >= 15 is 0 Å². The third-order valence-electron chi connectivity index (χ3n) is 4.76. The van der Waals surface area contributed by atoms with Crippen LogP contribution in [0.15, 0.2) is 24.3 Å². The van der Waals surface area contributed by atoms with Crippen LogP contribution in [0.4, 0.5) is 11.4 Å². The Morgan fingerprint density at radius 1 is 1.19 bits per heavy atom. The lowest BCUT2D eigenvalue weighted by atomic mass is 9.93. The molecule has 2 nitrogen and oxygen atoms in total. The molecular formula is C14H18N2. The van der Waals surface area contributed by atoms with Gasteiger partial charge in [0, 0.05) is 19.1 Å². The van der Waals surface area contributed by atoms with E-state index in [4.69, 9.17) is 0 Å². The largest absolute Gasteiger partial charge is 0.381 e. The first kappa shape index (κ1) is 8.91. The summed E-state index contributed by atoms with van der Waals surface area (Å²) in [5.41, 5.74) is 2.77. The van der Waals surface area contributed by atoms with Crippen molar-refractivity contribution in [2.75, 3.05) is 23.3 Å². The van der Waals surface area contributed by atoms with Crippen molar-refractivity contribution < 1.29 is 0 Å². The molecule has 1 saturated carbocycles. The molecule has 1 N–H and O–H groups in total. The van der Waals surface area contributed by atoms with Gasteiger partial charge in [0.15, 0.2) is 0 Å². The van der Waals surface area contributed by atoms with E-state index in [-0.39, 0.29) is 0 Å². The second-order valence-electron chi connectivity index (χ2n) is 5.47. The molecule has 2 aliphatic heterocycles. The number of nitrogens with one attached hydrogen (secondary N) is 1. The van der Waals surface area contributed by atoms with Crippen LogP contribution in [0.1, 0.15) is 19.3 Å². The molecule has 2 heteroatoms. The number of para-hydroxylation sites is 2. The Bertz CT molecular complexity index is 415. The topological polar surface area (TPSA) is 15.3 Å². The van der Waals surface area contributed by atoms with Crippen molar-refractivity contribution in [3.63, 3.8) is 0 Å². The third kappa shape index (κ3) is 1.07. The van der Waals surface area contributed by atoms with Gasteiger partial charge in [-0.3, -0.25) is 0 Å². The second-order valence-corrected chi connectivity index (χ2v) is 5.47. The molecule has 1 saturated heterocycles. The molecule has 1 aromatic rings. The highest BCUT2D eigenvalue weighted by atomic mass is 15.3. The Morgan fingerprint density at radius 3 is 3.12 bits per heavy atom. The third-order valence-corrected chi connectivity index (χ3v) is 4.76. The van der Waals surface area contributed by atoms with E-state index in [1.165, 1.54) is 37.2 Å². The molecule has 4 rings (SSSR count). The van der Waals surface area contributed by atoms with Crippen LogP contribution in [0, 0.1) is 11.8 Å². The number of fused-ring (bicyclic) bond motifs is 5. The molecule has 2 fully saturated rings. The number of hydrogen-bond acceptors (Lipinski definition) is 2. The van der Waals surface area contributed by atoms with E-state index < -0.39 is 0 Å². The number of hydrogen-bond donors (Lipinski definition) is 1. The molecule has 3 atom stereocenters. The Labute approximate surface area is 96.6 Å². The predicted molar refractivity (Wildman–Crippen MR) is 66.9 cm³/mol. The van der Waals surface area contributed by atoms with Crippen LogP contribution < -0.4 is 10.2 Å². The van der Waals surface area contributed by atoms with E-state index in [9.17, 15) is 0 Å². The monoisotopic (exact) mass is 214 g/mol. The molecule has 0 bridgehead atoms. The molecular weight excluding hydrogens is 196 g/mol. The number of benzene rings is 1. The molecule has 2 heterocycles. The first-order valence-corrected chi connectivity index (χ1v) is 6.53. The van der Waals surface area contributed by atoms with E-state index in [2.05, 4.69) is 34.5 Å². The second kappa shape index (κ2) is 3.16. The van der Waals surface area contributed by atoms with Crippen LogP contribution in [0.3, 0.4) is 0 Å². The minimum atomic E-state index is 0.766. The van der Waals surface area contributed by atoms with Crippen LogP contribution in [-0.4, -0.2) is 19.1 Å². The van der Waals surface area contributed by atoms with Crippen molar-refractivity contribution in [3.05, 3.63) is 24.3 Å². The van der Waals surface area contributed by atoms with Crippen molar-refractivity contribution >= 4 is 11.4 Å². The quantitative estimate of drug-likeness (QED) is 0.714. The summed E-state index contributed by atoms with van der Waals surface area (Å²) in [5, 5.41) is 3.60. The highest BCUT2D eigenvalue weighted by Gasteiger charge is 2.45. The van der Waals surface area contributed by atoms with Crippen LogP contribution in [0.25, 0.3) is 0 Å². The standard InChI is InChI=1S/C14H18N2/c1-2-7-13-12(6-1)15-8-14-11-5-3-4-10(11)9-16(13)14/h1-2,6-7,10-11,14-15H,3-5,8-9H2. The zero-order chi connectivity index (χ0) is 10.5. The summed E-state index contributed by atoms with van der Waals surface area (Å²) < 4.78 is 0. The van der Waals surface area contributed by atoms with Gasteiger partial charge in [-0.1, -0.05) is 18.6 Å². The van der Waals surface area contributed by atoms with Crippen molar-refractivity contribution in [2.45, 2.75) is 25.3 Å². The first-order chi connectivity index (χ1) is 7.93. The van der Waals surface area contributed by atoms with Gasteiger partial charge < -0.3 is 10.2 Å². The Hall–Kier alpha value is -1.18. The summed E-state index contributed by atoms with van der Waals surface area (Å²) in [7, 11) is 0. The molecule has 0 amide bonds. The summed E-state index contributed by atoms with van der Waals surface area (Å²) in [6, 6.07) is 9.54. The maximum Gasteiger partial charge on any atom is 0.0605 e. The average Bonchev–Trinajstić information content (AvgIpc) is 2.88. The highest BCUT2D eigenvalue weighted by molar-refractivity contribution is 5.73. The predicted octanol–water partition coefficient (Wildman–Crippen LogP) is 2.72. The van der Waals surface area contributed by atoms with Gasteiger partial charge in [-0.05, 0) is 36.8 Å². The molecule has 16 heavy (non-hydrogen) atoms. The maximum absolute atomic E-state index is 3.60. The summed E-state index contributed by atoms with van der Waals surface area (Å²) in [4.78, 5) is 2.67. The van der Waals surface area contributed by atoms with Crippen LogP contribution in [0.5, 0.6) is 0 Å². The van der Waals surface area contributed by atoms with E-state index in [0.29, 0.717) is 0 Å². The van der Waals surface area contributed by atoms with Gasteiger partial charge in [-0.15, -0.1) is 0 Å². The highest BCUT2D eigenvalue weighted by Crippen LogP contribution is 2.47. The van der Waals surface area contributed by atoms with Gasteiger partial charge in [-0.25, -0.2) is 0 Å². The Balaban J connectivity index is 1.75. The lowest BCUT2D eigenvalue weighted by Gasteiger charge is -2.36. The van der Waals surface area contributed by atoms with Crippen LogP contribution in [-0.2, 0) is 0 Å². The summed E-state index contributed by atoms with van der Waals surface area (Å²) >= 11 is 0. The SMILES string of the molecule is c1ccc2c(c1)NCC1C3CCCC3CN21. The van der Waals surface area contributed by atoms with Crippen LogP contribution >= 0.6 is 0 Å². The molecule has 1 aromatic carbocycles. The molecule has 0 radical (unpaired) electrons. The fourth-order valence-electron chi connectivity index (χ4n) is 4.04. The fraction of sp³-hybridized carbons (Fsp3) is 0.571. The number of nitrogens with zero attached hydrogens (tertiary/aromatic N) is 1. The molecule has 3 unspecified atom stereocenters. The van der Waals surface area contributed by atoms with Crippen molar-refractivity contribution in [2.24, 2.45) is 11.8 Å². The normalized spacial score (nSPS) is 35.2. The average molecular weight is 214 g/mol. The minimum absolute atomic E-state index is 0.766. The van der Waals surface area contributed by atoms with Crippen molar-refractivity contribution in [3.8, 4) is 0 Å². The lowest BCUT2D eigenvalue weighted by molar-refractivity contribution is 0.429. The van der Waals surface area contributed by atoms with Gasteiger partial charge in [-0.2, -0.15) is 0 Å². The van der Waals surface area contributed by atoms with E-state index in [1.54, 1.807) is 0 Å². The molecule has 84 valence electrons. The smallest absolute Gasteiger partial charge is 0.0605 e. The van der Waals surface area contributed by atoms with Gasteiger partial charge in [0.05, 0.1) is 11.4 Å². The lowest BCUT2D eigenvalue weighted by Crippen LogP contribution is -2.42. The summed E-state index contributed by atoms with van der Waals surface area (Å²) in [5.74, 6) is 1.93. The summed E-state index contributed by atoms with van der Waals surface area (Å²) in [6.45, 7) is 2.45.